The van der Waals surface area contributed by atoms with Gasteiger partial charge in [0.05, 0.1) is 18.8 Å². The molecule has 1 fully saturated rings. The molecule has 0 spiro atoms. The van der Waals surface area contributed by atoms with Gasteiger partial charge < -0.3 is 19.9 Å². The molecule has 46 heavy (non-hydrogen) atoms. The first-order valence-electron chi connectivity index (χ1n) is 15.8. The maximum Gasteiger partial charge on any atom is 0.251 e. The number of nitrogens with zero attached hydrogens (tertiary/aromatic N) is 1. The molecule has 5 aromatic carbocycles. The van der Waals surface area contributed by atoms with E-state index in [-0.39, 0.29) is 24.7 Å². The number of hydrogen-bond donors (Lipinski definition) is 2. The lowest BCUT2D eigenvalue weighted by Crippen LogP contribution is -2.37. The molecule has 0 bridgehead atoms. The van der Waals surface area contributed by atoms with Crippen LogP contribution in [-0.4, -0.2) is 35.6 Å². The van der Waals surface area contributed by atoms with Crippen molar-refractivity contribution in [2.45, 2.75) is 44.6 Å². The Hall–Kier alpha value is -4.59. The highest BCUT2D eigenvalue weighted by atomic mass is 16.7. The number of amides is 1. The van der Waals surface area contributed by atoms with Crippen LogP contribution < -0.4 is 5.32 Å². The van der Waals surface area contributed by atoms with Gasteiger partial charge in [-0.25, -0.2) is 0 Å². The molecule has 0 radical (unpaired) electrons. The maximum atomic E-state index is 12.7. The highest BCUT2D eigenvalue weighted by Crippen LogP contribution is 2.39. The van der Waals surface area contributed by atoms with Crippen LogP contribution in [-0.2, 0) is 29.2 Å². The molecule has 5 aromatic rings. The molecule has 1 saturated heterocycles. The Kier molecular flexibility index (Phi) is 10.3. The summed E-state index contributed by atoms with van der Waals surface area (Å²) in [6, 6.07) is 44.2. The van der Waals surface area contributed by atoms with Crippen LogP contribution in [0, 0.1) is 0 Å². The first-order chi connectivity index (χ1) is 22.6. The van der Waals surface area contributed by atoms with Gasteiger partial charge in [-0.05, 0) is 52.6 Å². The van der Waals surface area contributed by atoms with E-state index in [9.17, 15) is 9.90 Å². The lowest BCUT2D eigenvalue weighted by Gasteiger charge is -2.38. The number of aliphatic hydroxyl groups is 1. The molecule has 0 saturated carbocycles. The largest absolute Gasteiger partial charge is 0.392 e. The van der Waals surface area contributed by atoms with Crippen LogP contribution in [0.1, 0.15) is 57.0 Å². The van der Waals surface area contributed by atoms with Crippen molar-refractivity contribution in [3.05, 3.63) is 167 Å². The Balaban J connectivity index is 1.18. The van der Waals surface area contributed by atoms with Gasteiger partial charge >= 0.3 is 0 Å². The predicted octanol–water partition coefficient (Wildman–Crippen LogP) is 7.45. The number of carbonyl (C=O) groups excluding carboxylic acids is 1. The van der Waals surface area contributed by atoms with Crippen molar-refractivity contribution in [1.82, 2.24) is 10.2 Å². The van der Waals surface area contributed by atoms with Crippen molar-refractivity contribution in [2.75, 3.05) is 13.6 Å². The minimum absolute atomic E-state index is 0.0132. The first kappa shape index (κ1) is 31.4. The summed E-state index contributed by atoms with van der Waals surface area (Å²) >= 11 is 0. The minimum atomic E-state index is -0.527. The summed E-state index contributed by atoms with van der Waals surface area (Å²) in [4.78, 5) is 15.0. The maximum absolute atomic E-state index is 12.7. The smallest absolute Gasteiger partial charge is 0.251 e. The quantitative estimate of drug-likeness (QED) is 0.162. The van der Waals surface area contributed by atoms with Crippen molar-refractivity contribution in [1.29, 1.82) is 0 Å². The van der Waals surface area contributed by atoms with Crippen LogP contribution in [0.2, 0.25) is 0 Å². The Morgan fingerprint density at radius 2 is 1.41 bits per heavy atom. The highest BCUT2D eigenvalue weighted by molar-refractivity contribution is 5.94. The number of likely N-dealkylation sites (N-methyl/N-ethyl adjacent to an activating group) is 1. The lowest BCUT2D eigenvalue weighted by molar-refractivity contribution is -0.252. The number of aliphatic hydroxyl groups excluding tert-OH is 1. The second kappa shape index (κ2) is 15.1. The third-order valence-corrected chi connectivity index (χ3v) is 8.41. The monoisotopic (exact) mass is 612 g/mol. The minimum Gasteiger partial charge on any atom is -0.392 e. The fraction of sp³-hybridized carbons (Fsp3) is 0.225. The first-order valence-corrected chi connectivity index (χ1v) is 15.8. The Labute approximate surface area is 271 Å². The van der Waals surface area contributed by atoms with Crippen molar-refractivity contribution in [2.24, 2.45) is 0 Å². The summed E-state index contributed by atoms with van der Waals surface area (Å²) in [5.74, 6) is -0.0955. The topological polar surface area (TPSA) is 71.0 Å². The Morgan fingerprint density at radius 3 is 2.13 bits per heavy atom. The van der Waals surface area contributed by atoms with Crippen molar-refractivity contribution in [3.8, 4) is 11.1 Å². The van der Waals surface area contributed by atoms with E-state index in [0.717, 1.165) is 52.9 Å². The van der Waals surface area contributed by atoms with Crippen molar-refractivity contribution in [3.63, 3.8) is 0 Å². The van der Waals surface area contributed by atoms with Gasteiger partial charge in [0.25, 0.3) is 5.91 Å². The summed E-state index contributed by atoms with van der Waals surface area (Å²) in [5, 5.41) is 12.6. The van der Waals surface area contributed by atoms with E-state index in [2.05, 4.69) is 71.9 Å². The van der Waals surface area contributed by atoms with Crippen LogP contribution in [0.5, 0.6) is 0 Å². The van der Waals surface area contributed by atoms with Crippen LogP contribution in [0.3, 0.4) is 0 Å². The van der Waals surface area contributed by atoms with E-state index in [1.165, 1.54) is 5.56 Å². The van der Waals surface area contributed by atoms with Crippen molar-refractivity contribution < 1.29 is 19.4 Å². The van der Waals surface area contributed by atoms with Gasteiger partial charge in [-0.1, -0.05) is 121 Å². The Morgan fingerprint density at radius 1 is 0.761 bits per heavy atom. The zero-order chi connectivity index (χ0) is 31.7. The van der Waals surface area contributed by atoms with E-state index in [1.54, 1.807) is 0 Å². The van der Waals surface area contributed by atoms with Crippen LogP contribution in [0.4, 0.5) is 0 Å². The predicted molar refractivity (Wildman–Crippen MR) is 181 cm³/mol. The molecule has 6 rings (SSSR count). The molecule has 0 aromatic heterocycles. The van der Waals surface area contributed by atoms with Crippen LogP contribution in [0.25, 0.3) is 11.1 Å². The summed E-state index contributed by atoms with van der Waals surface area (Å²) in [5.41, 5.74) is 7.97. The highest BCUT2D eigenvalue weighted by Gasteiger charge is 2.32. The molecule has 6 nitrogen and oxygen atoms in total. The fourth-order valence-electron chi connectivity index (χ4n) is 5.98. The SMILES string of the molecule is CN(Cc1ccccc1)C[C@@H]1C[C@H](c2ccc(CO)cc2)O[C@H](c2ccc(-c3ccccc3CNC(=O)c3ccccc3)cc2)O1. The summed E-state index contributed by atoms with van der Waals surface area (Å²) in [6.07, 6.45) is 0.0218. The van der Waals surface area contributed by atoms with Gasteiger partial charge in [0.15, 0.2) is 6.29 Å². The lowest BCUT2D eigenvalue weighted by atomic mass is 9.97. The molecular formula is C40H40N2O4. The summed E-state index contributed by atoms with van der Waals surface area (Å²) < 4.78 is 13.2. The molecule has 1 aliphatic rings. The molecule has 234 valence electrons. The average Bonchev–Trinajstić information content (AvgIpc) is 3.11. The molecular weight excluding hydrogens is 572 g/mol. The van der Waals surface area contributed by atoms with Gasteiger partial charge in [0, 0.05) is 37.2 Å². The molecule has 0 unspecified atom stereocenters. The summed E-state index contributed by atoms with van der Waals surface area (Å²) in [6.45, 7) is 2.04. The molecule has 2 N–H and O–H groups in total. The molecule has 3 atom stereocenters. The van der Waals surface area contributed by atoms with Gasteiger partial charge in [-0.15, -0.1) is 0 Å². The molecule has 1 amide bonds. The van der Waals surface area contributed by atoms with E-state index < -0.39 is 6.29 Å². The normalized spacial score (nSPS) is 17.9. The number of rotatable bonds is 11. The molecule has 0 aliphatic carbocycles. The van der Waals surface area contributed by atoms with Crippen molar-refractivity contribution >= 4 is 5.91 Å². The standard InChI is InChI=1S/C40H40N2O4/c1-42(26-29-10-4-2-5-11-29)27-36-24-38(32-18-16-30(28-43)17-19-32)46-40(45-36)34-22-20-31(21-23-34)37-15-9-8-14-35(37)25-41-39(44)33-12-6-3-7-13-33/h2-23,36,38,40,43H,24-28H2,1H3,(H,41,44)/t36-,38+,40+/m0/s1. The third-order valence-electron chi connectivity index (χ3n) is 8.41. The molecule has 6 heteroatoms. The van der Waals surface area contributed by atoms with Crippen LogP contribution >= 0.6 is 0 Å². The van der Waals surface area contributed by atoms with Gasteiger partial charge in [-0.3, -0.25) is 9.69 Å². The van der Waals surface area contributed by atoms with Gasteiger partial charge in [0.1, 0.15) is 0 Å². The summed E-state index contributed by atoms with van der Waals surface area (Å²) in [7, 11) is 2.13. The van der Waals surface area contributed by atoms with Gasteiger partial charge in [0.2, 0.25) is 0 Å². The zero-order valence-electron chi connectivity index (χ0n) is 26.1. The zero-order valence-corrected chi connectivity index (χ0v) is 26.1. The number of hydrogen-bond acceptors (Lipinski definition) is 5. The number of carbonyl (C=O) groups is 1. The number of ether oxygens (including phenoxy) is 2. The third kappa shape index (κ3) is 7.97. The van der Waals surface area contributed by atoms with Gasteiger partial charge in [-0.2, -0.15) is 0 Å². The van der Waals surface area contributed by atoms with E-state index in [0.29, 0.717) is 12.1 Å². The molecule has 1 aliphatic heterocycles. The van der Waals surface area contributed by atoms with E-state index >= 15 is 0 Å². The number of benzene rings is 5. The van der Waals surface area contributed by atoms with Crippen LogP contribution in [0.15, 0.2) is 133 Å². The average molecular weight is 613 g/mol. The second-order valence-corrected chi connectivity index (χ2v) is 11.9. The fourth-order valence-corrected chi connectivity index (χ4v) is 5.98. The van der Waals surface area contributed by atoms with E-state index in [1.807, 2.05) is 78.9 Å². The van der Waals surface area contributed by atoms with E-state index in [4.69, 9.17) is 9.47 Å². The second-order valence-electron chi connectivity index (χ2n) is 11.9. The number of nitrogens with one attached hydrogen (secondary N) is 1. The Bertz CT molecular complexity index is 1690. The molecule has 1 heterocycles.